The molecule has 0 fully saturated rings. The summed E-state index contributed by atoms with van der Waals surface area (Å²) in [4.78, 5) is 19.6. The molecule has 0 aromatic carbocycles. The lowest BCUT2D eigenvalue weighted by Crippen LogP contribution is -2.38. The van der Waals surface area contributed by atoms with Gasteiger partial charge in [-0.3, -0.25) is 4.79 Å². The number of allylic oxidation sites excluding steroid dienone is 4. The summed E-state index contributed by atoms with van der Waals surface area (Å²) in [6.45, 7) is 2.48. The van der Waals surface area contributed by atoms with E-state index >= 15 is 0 Å². The number of nitrogens with zero attached hydrogens (tertiary/aromatic N) is 3. The highest BCUT2D eigenvalue weighted by Gasteiger charge is 2.31. The molecule has 6 nitrogen and oxygen atoms in total. The first-order chi connectivity index (χ1) is 10.8. The molecule has 23 heavy (non-hydrogen) atoms. The zero-order chi connectivity index (χ0) is 16.8. The molecule has 1 atom stereocenters. The maximum atomic E-state index is 14.4. The van der Waals surface area contributed by atoms with E-state index in [9.17, 15) is 9.18 Å². The average molecular weight is 429 g/mol. The van der Waals surface area contributed by atoms with Gasteiger partial charge in [0.05, 0.1) is 24.3 Å². The summed E-state index contributed by atoms with van der Waals surface area (Å²) < 4.78 is 14.1. The fourth-order valence-corrected chi connectivity index (χ4v) is 3.10. The number of hydrogen-bond acceptors (Lipinski definition) is 5. The Kier molecular flexibility index (Phi) is 3.95. The largest absolute Gasteiger partial charge is 0.364 e. The SMILES string of the molecule is CN1C=C2C=NC(C(N)=O)=C(NC3=CCC(C)(I)C=C3F)N2C1. The van der Waals surface area contributed by atoms with E-state index in [0.29, 0.717) is 24.6 Å². The van der Waals surface area contributed by atoms with Crippen LogP contribution in [0.3, 0.4) is 0 Å². The molecule has 1 amide bonds. The van der Waals surface area contributed by atoms with Crippen LogP contribution in [0.2, 0.25) is 0 Å². The van der Waals surface area contributed by atoms with Crippen LogP contribution in [0.5, 0.6) is 0 Å². The Morgan fingerprint density at radius 3 is 2.96 bits per heavy atom. The normalized spacial score (nSPS) is 26.7. The van der Waals surface area contributed by atoms with Crippen LogP contribution in [0.1, 0.15) is 13.3 Å². The van der Waals surface area contributed by atoms with Gasteiger partial charge < -0.3 is 20.9 Å². The van der Waals surface area contributed by atoms with Crippen molar-refractivity contribution in [3.8, 4) is 0 Å². The highest BCUT2D eigenvalue weighted by atomic mass is 127. The van der Waals surface area contributed by atoms with Gasteiger partial charge in [-0.15, -0.1) is 0 Å². The molecule has 2 heterocycles. The summed E-state index contributed by atoms with van der Waals surface area (Å²) in [5.74, 6) is -0.601. The van der Waals surface area contributed by atoms with E-state index < -0.39 is 5.91 Å². The van der Waals surface area contributed by atoms with Crippen LogP contribution in [-0.4, -0.2) is 39.1 Å². The lowest BCUT2D eigenvalue weighted by atomic mass is 10.0. The fourth-order valence-electron chi connectivity index (χ4n) is 2.61. The maximum Gasteiger partial charge on any atom is 0.271 e. The molecule has 0 saturated carbocycles. The minimum atomic E-state index is -0.656. The molecule has 2 aliphatic heterocycles. The van der Waals surface area contributed by atoms with Gasteiger partial charge in [-0.05, 0) is 19.4 Å². The molecule has 0 spiro atoms. The summed E-state index contributed by atoms with van der Waals surface area (Å²) in [6.07, 6.45) is 7.52. The van der Waals surface area contributed by atoms with Crippen molar-refractivity contribution in [2.45, 2.75) is 16.8 Å². The van der Waals surface area contributed by atoms with E-state index in [-0.39, 0.29) is 14.9 Å². The molecule has 122 valence electrons. The number of carbonyl (C=O) groups excluding carboxylic acids is 1. The van der Waals surface area contributed by atoms with E-state index in [1.54, 1.807) is 18.4 Å². The lowest BCUT2D eigenvalue weighted by Gasteiger charge is -2.30. The second kappa shape index (κ2) is 5.66. The molecular weight excluding hydrogens is 412 g/mol. The van der Waals surface area contributed by atoms with Crippen molar-refractivity contribution in [1.82, 2.24) is 15.1 Å². The van der Waals surface area contributed by atoms with Crippen molar-refractivity contribution in [3.63, 3.8) is 0 Å². The quantitative estimate of drug-likeness (QED) is 0.529. The predicted octanol–water partition coefficient (Wildman–Crippen LogP) is 1.70. The fraction of sp³-hybridized carbons (Fsp3) is 0.333. The topological polar surface area (TPSA) is 74.0 Å². The van der Waals surface area contributed by atoms with Crippen molar-refractivity contribution in [1.29, 1.82) is 0 Å². The van der Waals surface area contributed by atoms with Crippen LogP contribution in [0.15, 0.2) is 52.1 Å². The number of carbonyl (C=O) groups is 1. The van der Waals surface area contributed by atoms with E-state index in [4.69, 9.17) is 5.73 Å². The monoisotopic (exact) mass is 429 g/mol. The number of nitrogens with two attached hydrogens (primary N) is 1. The molecular formula is C15H17FIN5O. The third-order valence-corrected chi connectivity index (χ3v) is 4.48. The predicted molar refractivity (Wildman–Crippen MR) is 94.7 cm³/mol. The summed E-state index contributed by atoms with van der Waals surface area (Å²) in [6, 6.07) is 0. The van der Waals surface area contributed by atoms with E-state index in [1.807, 2.05) is 30.0 Å². The Morgan fingerprint density at radius 2 is 2.30 bits per heavy atom. The van der Waals surface area contributed by atoms with Gasteiger partial charge in [0.1, 0.15) is 11.6 Å². The summed E-state index contributed by atoms with van der Waals surface area (Å²) in [7, 11) is 1.91. The lowest BCUT2D eigenvalue weighted by molar-refractivity contribution is -0.114. The van der Waals surface area contributed by atoms with Gasteiger partial charge in [0, 0.05) is 16.7 Å². The molecule has 3 rings (SSSR count). The standard InChI is InChI=1S/C15H17FIN5O/c1-15(17)4-3-11(10(16)5-15)20-14-12(13(18)23)19-6-9-7-21(2)8-22(9)14/h3,5-7,20H,4,8H2,1-2H3,(H2,18,23). The smallest absolute Gasteiger partial charge is 0.271 e. The summed E-state index contributed by atoms with van der Waals surface area (Å²) in [5.41, 5.74) is 6.66. The zero-order valence-electron chi connectivity index (χ0n) is 12.8. The first-order valence-electron chi connectivity index (χ1n) is 7.09. The minimum absolute atomic E-state index is 0.0916. The van der Waals surface area contributed by atoms with Crippen molar-refractivity contribution in [2.24, 2.45) is 10.7 Å². The van der Waals surface area contributed by atoms with Crippen LogP contribution in [0.4, 0.5) is 4.39 Å². The molecule has 0 bridgehead atoms. The third-order valence-electron chi connectivity index (χ3n) is 3.73. The van der Waals surface area contributed by atoms with Crippen LogP contribution in [0, 0.1) is 0 Å². The molecule has 1 aliphatic carbocycles. The number of aliphatic imine (C=N–C) groups is 1. The second-order valence-electron chi connectivity index (χ2n) is 5.92. The van der Waals surface area contributed by atoms with Gasteiger partial charge >= 0.3 is 0 Å². The number of amides is 1. The third kappa shape index (κ3) is 3.12. The number of primary amides is 1. The van der Waals surface area contributed by atoms with Gasteiger partial charge in [0.2, 0.25) is 0 Å². The Morgan fingerprint density at radius 1 is 1.57 bits per heavy atom. The highest BCUT2D eigenvalue weighted by molar-refractivity contribution is 14.1. The van der Waals surface area contributed by atoms with Crippen molar-refractivity contribution in [2.75, 3.05) is 13.7 Å². The first-order valence-corrected chi connectivity index (χ1v) is 8.17. The number of alkyl halides is 1. The van der Waals surface area contributed by atoms with Gasteiger partial charge in [0.25, 0.3) is 5.91 Å². The number of halogens is 2. The molecule has 0 radical (unpaired) electrons. The Labute approximate surface area is 147 Å². The van der Waals surface area contributed by atoms with E-state index in [1.165, 1.54) is 0 Å². The van der Waals surface area contributed by atoms with Crippen LogP contribution in [-0.2, 0) is 4.79 Å². The minimum Gasteiger partial charge on any atom is -0.364 e. The van der Waals surface area contributed by atoms with Crippen LogP contribution in [0.25, 0.3) is 0 Å². The number of nitrogens with one attached hydrogen (secondary N) is 1. The molecule has 0 aromatic rings. The van der Waals surface area contributed by atoms with E-state index in [2.05, 4.69) is 32.9 Å². The highest BCUT2D eigenvalue weighted by Crippen LogP contribution is 2.34. The van der Waals surface area contributed by atoms with Gasteiger partial charge in [0.15, 0.2) is 5.70 Å². The molecule has 3 aliphatic rings. The maximum absolute atomic E-state index is 14.4. The Bertz CT molecular complexity index is 719. The molecule has 0 aromatic heterocycles. The van der Waals surface area contributed by atoms with Crippen molar-refractivity contribution in [3.05, 3.63) is 47.1 Å². The van der Waals surface area contributed by atoms with Crippen LogP contribution >= 0.6 is 22.6 Å². The van der Waals surface area contributed by atoms with Crippen molar-refractivity contribution < 1.29 is 9.18 Å². The Balaban J connectivity index is 1.94. The molecule has 8 heteroatoms. The first kappa shape index (κ1) is 16.0. The van der Waals surface area contributed by atoms with Crippen LogP contribution < -0.4 is 11.1 Å². The van der Waals surface area contributed by atoms with E-state index in [0.717, 1.165) is 5.70 Å². The number of rotatable bonds is 3. The zero-order valence-corrected chi connectivity index (χ0v) is 15.0. The summed E-state index contributed by atoms with van der Waals surface area (Å²) in [5, 5.41) is 3.01. The number of hydrogen-bond donors (Lipinski definition) is 2. The molecule has 1 unspecified atom stereocenters. The molecule has 3 N–H and O–H groups in total. The molecule has 0 saturated heterocycles. The van der Waals surface area contributed by atoms with Gasteiger partial charge in [-0.2, -0.15) is 0 Å². The number of fused-ring (bicyclic) bond motifs is 1. The average Bonchev–Trinajstić information content (AvgIpc) is 2.81. The van der Waals surface area contributed by atoms with Crippen molar-refractivity contribution >= 4 is 34.7 Å². The van der Waals surface area contributed by atoms with Gasteiger partial charge in [-0.1, -0.05) is 28.7 Å². The Hall–Kier alpha value is -1.84. The summed E-state index contributed by atoms with van der Waals surface area (Å²) >= 11 is 2.20. The second-order valence-corrected chi connectivity index (χ2v) is 8.38. The van der Waals surface area contributed by atoms with Gasteiger partial charge in [-0.25, -0.2) is 9.38 Å².